The molecule has 0 atom stereocenters. The van der Waals surface area contributed by atoms with Gasteiger partial charge in [0.1, 0.15) is 0 Å². The number of amides is 2. The topological polar surface area (TPSA) is 76.0 Å². The maximum atomic E-state index is 12.5. The summed E-state index contributed by atoms with van der Waals surface area (Å²) in [6.07, 6.45) is 5.47. The van der Waals surface area contributed by atoms with E-state index in [9.17, 15) is 9.59 Å². The fourth-order valence-electron chi connectivity index (χ4n) is 2.49. The predicted octanol–water partition coefficient (Wildman–Crippen LogP) is 4.24. The van der Waals surface area contributed by atoms with Crippen LogP contribution in [0.4, 0.5) is 11.4 Å². The Morgan fingerprint density at radius 3 is 2.67 bits per heavy atom. The van der Waals surface area contributed by atoms with Crippen LogP contribution in [-0.2, 0) is 11.3 Å². The third-order valence-corrected chi connectivity index (χ3v) is 4.85. The van der Waals surface area contributed by atoms with Crippen molar-refractivity contribution in [2.45, 2.75) is 19.9 Å². The first-order valence-electron chi connectivity index (χ1n) is 8.44. The molecule has 2 N–H and O–H groups in total. The molecular formula is C20H19BrN4O2. The molecule has 0 fully saturated rings. The van der Waals surface area contributed by atoms with Crippen molar-refractivity contribution in [1.29, 1.82) is 0 Å². The second-order valence-corrected chi connectivity index (χ2v) is 6.95. The van der Waals surface area contributed by atoms with Gasteiger partial charge in [0.15, 0.2) is 0 Å². The Hall–Kier alpha value is -2.93. The summed E-state index contributed by atoms with van der Waals surface area (Å²) in [5.74, 6) is -0.357. The van der Waals surface area contributed by atoms with Gasteiger partial charge in [-0.2, -0.15) is 0 Å². The number of imidazole rings is 1. The highest BCUT2D eigenvalue weighted by atomic mass is 79.9. The van der Waals surface area contributed by atoms with E-state index in [1.54, 1.807) is 36.8 Å². The Morgan fingerprint density at radius 2 is 1.93 bits per heavy atom. The molecule has 0 saturated carbocycles. The lowest BCUT2D eigenvalue weighted by molar-refractivity contribution is -0.116. The average molecular weight is 427 g/mol. The second-order valence-electron chi connectivity index (χ2n) is 6.10. The van der Waals surface area contributed by atoms with Crippen molar-refractivity contribution < 1.29 is 9.59 Å². The Balaban J connectivity index is 1.61. The lowest BCUT2D eigenvalue weighted by Crippen LogP contribution is -2.15. The molecule has 0 unspecified atom stereocenters. The van der Waals surface area contributed by atoms with Crippen LogP contribution in [0.3, 0.4) is 0 Å². The number of carbonyl (C=O) groups is 2. The van der Waals surface area contributed by atoms with Crippen LogP contribution in [0.1, 0.15) is 22.3 Å². The molecule has 2 aromatic carbocycles. The van der Waals surface area contributed by atoms with Crippen molar-refractivity contribution >= 4 is 39.1 Å². The van der Waals surface area contributed by atoms with Gasteiger partial charge in [0.25, 0.3) is 5.91 Å². The zero-order chi connectivity index (χ0) is 19.2. The zero-order valence-electron chi connectivity index (χ0n) is 14.8. The number of aryl methyl sites for hydroxylation is 2. The first-order valence-corrected chi connectivity index (χ1v) is 9.24. The highest BCUT2D eigenvalue weighted by Crippen LogP contribution is 2.21. The first kappa shape index (κ1) is 18.8. The van der Waals surface area contributed by atoms with Gasteiger partial charge in [0, 0.05) is 46.8 Å². The SMILES string of the molecule is Cc1ccc(NC(=O)c2cccc(NC(=O)CCn3ccnc3)c2)cc1Br. The van der Waals surface area contributed by atoms with Crippen molar-refractivity contribution in [3.8, 4) is 0 Å². The summed E-state index contributed by atoms with van der Waals surface area (Å²) in [6.45, 7) is 2.53. The summed E-state index contributed by atoms with van der Waals surface area (Å²) >= 11 is 3.46. The molecule has 0 aliphatic rings. The van der Waals surface area contributed by atoms with Crippen LogP contribution in [0.25, 0.3) is 0 Å². The minimum absolute atomic E-state index is 0.122. The number of hydrogen-bond acceptors (Lipinski definition) is 3. The molecule has 7 heteroatoms. The van der Waals surface area contributed by atoms with Gasteiger partial charge in [-0.25, -0.2) is 4.98 Å². The van der Waals surface area contributed by atoms with Crippen molar-refractivity contribution in [2.24, 2.45) is 0 Å². The molecule has 1 aromatic heterocycles. The van der Waals surface area contributed by atoms with Gasteiger partial charge in [0.05, 0.1) is 6.33 Å². The summed E-state index contributed by atoms with van der Waals surface area (Å²) in [5, 5.41) is 5.68. The largest absolute Gasteiger partial charge is 0.337 e. The average Bonchev–Trinajstić information content (AvgIpc) is 3.17. The molecule has 6 nitrogen and oxygen atoms in total. The van der Waals surface area contributed by atoms with E-state index in [0.29, 0.717) is 29.9 Å². The third kappa shape index (κ3) is 5.27. The number of aromatic nitrogens is 2. The third-order valence-electron chi connectivity index (χ3n) is 3.99. The summed E-state index contributed by atoms with van der Waals surface area (Å²) in [7, 11) is 0. The number of rotatable bonds is 6. The van der Waals surface area contributed by atoms with Crippen LogP contribution in [0.15, 0.2) is 65.7 Å². The molecule has 2 amide bonds. The monoisotopic (exact) mass is 426 g/mol. The highest BCUT2D eigenvalue weighted by Gasteiger charge is 2.09. The van der Waals surface area contributed by atoms with Crippen LogP contribution >= 0.6 is 15.9 Å². The highest BCUT2D eigenvalue weighted by molar-refractivity contribution is 9.10. The molecule has 0 aliphatic carbocycles. The Kier molecular flexibility index (Phi) is 6.03. The Labute approximate surface area is 165 Å². The second kappa shape index (κ2) is 8.64. The Morgan fingerprint density at radius 1 is 1.11 bits per heavy atom. The summed E-state index contributed by atoms with van der Waals surface area (Å²) in [5.41, 5.74) is 2.85. The molecule has 1 heterocycles. The minimum Gasteiger partial charge on any atom is -0.337 e. The molecule has 0 spiro atoms. The van der Waals surface area contributed by atoms with E-state index in [2.05, 4.69) is 31.5 Å². The van der Waals surface area contributed by atoms with Crippen molar-refractivity contribution in [3.63, 3.8) is 0 Å². The molecule has 27 heavy (non-hydrogen) atoms. The van der Waals surface area contributed by atoms with E-state index in [0.717, 1.165) is 10.0 Å². The van der Waals surface area contributed by atoms with E-state index < -0.39 is 0 Å². The van der Waals surface area contributed by atoms with Crippen LogP contribution in [0, 0.1) is 6.92 Å². The van der Waals surface area contributed by atoms with Crippen molar-refractivity contribution in [1.82, 2.24) is 9.55 Å². The van der Waals surface area contributed by atoms with E-state index in [1.807, 2.05) is 35.9 Å². The lowest BCUT2D eigenvalue weighted by atomic mass is 10.1. The maximum Gasteiger partial charge on any atom is 0.255 e. The van der Waals surface area contributed by atoms with Crippen LogP contribution in [-0.4, -0.2) is 21.4 Å². The first-order chi connectivity index (χ1) is 13.0. The molecule has 138 valence electrons. The summed E-state index contributed by atoms with van der Waals surface area (Å²) in [6, 6.07) is 12.5. The number of hydrogen-bond donors (Lipinski definition) is 2. The van der Waals surface area contributed by atoms with Crippen LogP contribution < -0.4 is 10.6 Å². The zero-order valence-corrected chi connectivity index (χ0v) is 16.4. The fourth-order valence-corrected chi connectivity index (χ4v) is 2.86. The number of benzene rings is 2. The number of nitrogens with zero attached hydrogens (tertiary/aromatic N) is 2. The number of carbonyl (C=O) groups excluding carboxylic acids is 2. The molecular weight excluding hydrogens is 408 g/mol. The van der Waals surface area contributed by atoms with Crippen LogP contribution in [0.5, 0.6) is 0 Å². The van der Waals surface area contributed by atoms with E-state index in [1.165, 1.54) is 0 Å². The van der Waals surface area contributed by atoms with Gasteiger partial charge in [-0.15, -0.1) is 0 Å². The normalized spacial score (nSPS) is 10.4. The lowest BCUT2D eigenvalue weighted by Gasteiger charge is -2.09. The molecule has 0 radical (unpaired) electrons. The number of halogens is 1. The van der Waals surface area contributed by atoms with Gasteiger partial charge >= 0.3 is 0 Å². The summed E-state index contributed by atoms with van der Waals surface area (Å²) in [4.78, 5) is 28.5. The van der Waals surface area contributed by atoms with Gasteiger partial charge in [-0.3, -0.25) is 9.59 Å². The number of anilines is 2. The quantitative estimate of drug-likeness (QED) is 0.618. The summed E-state index contributed by atoms with van der Waals surface area (Å²) < 4.78 is 2.77. The fraction of sp³-hybridized carbons (Fsp3) is 0.150. The van der Waals surface area contributed by atoms with E-state index in [-0.39, 0.29) is 11.8 Å². The van der Waals surface area contributed by atoms with Crippen molar-refractivity contribution in [3.05, 3.63) is 76.8 Å². The molecule has 3 aromatic rings. The van der Waals surface area contributed by atoms with Gasteiger partial charge in [-0.05, 0) is 42.8 Å². The standard InChI is InChI=1S/C20H19BrN4O2/c1-14-5-6-17(12-18(14)21)24-20(27)15-3-2-4-16(11-15)23-19(26)7-9-25-10-8-22-13-25/h2-6,8,10-13H,7,9H2,1H3,(H,23,26)(H,24,27). The van der Waals surface area contributed by atoms with Gasteiger partial charge < -0.3 is 15.2 Å². The smallest absolute Gasteiger partial charge is 0.255 e. The van der Waals surface area contributed by atoms with Gasteiger partial charge in [0.2, 0.25) is 5.91 Å². The maximum absolute atomic E-state index is 12.5. The van der Waals surface area contributed by atoms with Crippen LogP contribution in [0.2, 0.25) is 0 Å². The molecule has 0 aliphatic heterocycles. The molecule has 0 bridgehead atoms. The van der Waals surface area contributed by atoms with Gasteiger partial charge in [-0.1, -0.05) is 28.1 Å². The number of nitrogens with one attached hydrogen (secondary N) is 2. The minimum atomic E-state index is -0.236. The predicted molar refractivity (Wildman–Crippen MR) is 109 cm³/mol. The molecule has 3 rings (SSSR count). The van der Waals surface area contributed by atoms with E-state index in [4.69, 9.17) is 0 Å². The molecule has 0 saturated heterocycles. The van der Waals surface area contributed by atoms with Crippen molar-refractivity contribution in [2.75, 3.05) is 10.6 Å². The van der Waals surface area contributed by atoms with E-state index >= 15 is 0 Å². The Bertz CT molecular complexity index is 954.